The Morgan fingerprint density at radius 1 is 1.19 bits per heavy atom. The van der Waals surface area contributed by atoms with Crippen LogP contribution in [-0.2, 0) is 10.3 Å². The monoisotopic (exact) mass is 510 g/mol. The van der Waals surface area contributed by atoms with Gasteiger partial charge in [-0.1, -0.05) is 34.1 Å². The fourth-order valence-electron chi connectivity index (χ4n) is 6.14. The highest BCUT2D eigenvalue weighted by Gasteiger charge is 2.71. The van der Waals surface area contributed by atoms with E-state index in [1.54, 1.807) is 0 Å². The number of halogens is 3. The maximum atomic E-state index is 12.8. The molecule has 0 radical (unpaired) electrons. The Hall–Kier alpha value is -2.33. The highest BCUT2D eigenvalue weighted by Crippen LogP contribution is 2.75. The van der Waals surface area contributed by atoms with Crippen molar-refractivity contribution in [2.75, 3.05) is 18.9 Å². The molecular weight excluding hydrogens is 473 g/mol. The van der Waals surface area contributed by atoms with E-state index in [0.29, 0.717) is 23.0 Å². The number of aliphatic hydroxyl groups is 1. The van der Waals surface area contributed by atoms with Crippen LogP contribution in [0.4, 0.5) is 19.0 Å². The molecule has 2 bridgehead atoms. The number of hydrogen-bond donors (Lipinski definition) is 2. The maximum Gasteiger partial charge on any atom is 0.573 e. The van der Waals surface area contributed by atoms with Crippen LogP contribution in [0.1, 0.15) is 78.1 Å². The van der Waals surface area contributed by atoms with Crippen molar-refractivity contribution in [2.45, 2.75) is 84.2 Å². The number of imidazole rings is 1. The number of nitrogens with zero attached hydrogens (tertiary/aromatic N) is 3. The summed E-state index contributed by atoms with van der Waals surface area (Å²) < 4.78 is 50.3. The van der Waals surface area contributed by atoms with Gasteiger partial charge in [0.1, 0.15) is 11.9 Å². The molecule has 1 unspecified atom stereocenters. The van der Waals surface area contributed by atoms with E-state index in [9.17, 15) is 18.3 Å². The zero-order valence-corrected chi connectivity index (χ0v) is 21.4. The molecule has 0 aliphatic heterocycles. The standard InChI is InChI=1S/C26H37F3N4O3/c1-5-8-35-9-7-18(6-2)24-13-25(14-24,15-24)33-12-19(32-23(33)21(34)16(3)4)17-10-20(22(30)31-11-17)36-26(27,28)29/h10-12,16,18,21,34H,5-9,13-15H2,1-4H3,(H2,30,31)/t18?,21-,24?,25?/m1/s1. The number of pyridine rings is 1. The molecule has 3 aliphatic carbocycles. The lowest BCUT2D eigenvalue weighted by Gasteiger charge is -2.74. The first kappa shape index (κ1) is 26.7. The summed E-state index contributed by atoms with van der Waals surface area (Å²) in [6.07, 6.45) is 3.69. The summed E-state index contributed by atoms with van der Waals surface area (Å²) in [6, 6.07) is 1.20. The second kappa shape index (κ2) is 9.85. The summed E-state index contributed by atoms with van der Waals surface area (Å²) in [5.74, 6) is 0.116. The van der Waals surface area contributed by atoms with Crippen molar-refractivity contribution in [2.24, 2.45) is 17.3 Å². The Morgan fingerprint density at radius 2 is 1.89 bits per heavy atom. The number of nitrogen functional groups attached to an aromatic ring is 1. The van der Waals surface area contributed by atoms with Crippen molar-refractivity contribution < 1.29 is 27.8 Å². The van der Waals surface area contributed by atoms with Gasteiger partial charge in [0.2, 0.25) is 0 Å². The normalized spacial score (nSPS) is 24.8. The molecule has 3 aliphatic rings. The second-order valence-electron chi connectivity index (χ2n) is 10.8. The number of anilines is 1. The molecular formula is C26H37F3N4O3. The van der Waals surface area contributed by atoms with Gasteiger partial charge >= 0.3 is 6.36 Å². The van der Waals surface area contributed by atoms with Gasteiger partial charge in [-0.25, -0.2) is 9.97 Å². The molecule has 7 nitrogen and oxygen atoms in total. The van der Waals surface area contributed by atoms with Crippen molar-refractivity contribution in [3.8, 4) is 17.0 Å². The lowest BCUT2D eigenvalue weighted by molar-refractivity contribution is -0.274. The van der Waals surface area contributed by atoms with E-state index in [2.05, 4.69) is 33.1 Å². The van der Waals surface area contributed by atoms with Crippen molar-refractivity contribution in [1.29, 1.82) is 0 Å². The van der Waals surface area contributed by atoms with Crippen LogP contribution in [0.15, 0.2) is 18.5 Å². The first-order chi connectivity index (χ1) is 16.9. The number of hydrogen-bond acceptors (Lipinski definition) is 6. The topological polar surface area (TPSA) is 95.4 Å². The molecule has 2 atom stereocenters. The molecule has 2 aromatic heterocycles. The molecule has 0 amide bonds. The quantitative estimate of drug-likeness (QED) is 0.349. The summed E-state index contributed by atoms with van der Waals surface area (Å²) in [5.41, 5.74) is 6.54. The van der Waals surface area contributed by atoms with Crippen LogP contribution in [0.2, 0.25) is 0 Å². The SMILES string of the molecule is CCCOCCC(CC)C12CC(n3cc(-c4cnc(N)c(OC(F)(F)F)c4)nc3[C@H](O)C(C)C)(C1)C2. The fourth-order valence-corrected chi connectivity index (χ4v) is 6.14. The molecule has 2 aromatic rings. The number of ether oxygens (including phenoxy) is 2. The zero-order chi connectivity index (χ0) is 26.3. The third kappa shape index (κ3) is 4.94. The number of aromatic nitrogens is 3. The average Bonchev–Trinajstić information content (AvgIpc) is 3.18. The molecule has 3 saturated carbocycles. The molecule has 3 fully saturated rings. The lowest BCUT2D eigenvalue weighted by Crippen LogP contribution is -2.70. The van der Waals surface area contributed by atoms with E-state index in [1.807, 2.05) is 20.0 Å². The predicted molar refractivity (Wildman–Crippen MR) is 130 cm³/mol. The van der Waals surface area contributed by atoms with Gasteiger partial charge in [-0.15, -0.1) is 13.2 Å². The third-order valence-electron chi connectivity index (χ3n) is 7.90. The first-order valence-electron chi connectivity index (χ1n) is 12.8. The minimum absolute atomic E-state index is 0.0759. The molecule has 36 heavy (non-hydrogen) atoms. The third-order valence-corrected chi connectivity index (χ3v) is 7.90. The smallest absolute Gasteiger partial charge is 0.402 e. The van der Waals surface area contributed by atoms with Gasteiger partial charge in [-0.05, 0) is 55.4 Å². The van der Waals surface area contributed by atoms with Crippen LogP contribution in [-0.4, -0.2) is 39.2 Å². The van der Waals surface area contributed by atoms with Crippen LogP contribution >= 0.6 is 0 Å². The Bertz CT molecular complexity index is 1050. The highest BCUT2D eigenvalue weighted by atomic mass is 19.4. The number of rotatable bonds is 12. The van der Waals surface area contributed by atoms with Gasteiger partial charge in [-0.2, -0.15) is 0 Å². The van der Waals surface area contributed by atoms with Gasteiger partial charge in [0.15, 0.2) is 11.6 Å². The van der Waals surface area contributed by atoms with Gasteiger partial charge in [0.25, 0.3) is 0 Å². The molecule has 2 heterocycles. The van der Waals surface area contributed by atoms with Crippen LogP contribution in [0.25, 0.3) is 11.3 Å². The van der Waals surface area contributed by atoms with Crippen LogP contribution in [0, 0.1) is 17.3 Å². The summed E-state index contributed by atoms with van der Waals surface area (Å²) in [4.78, 5) is 8.56. The highest BCUT2D eigenvalue weighted by molar-refractivity contribution is 5.64. The predicted octanol–water partition coefficient (Wildman–Crippen LogP) is 5.84. The number of alkyl halides is 3. The molecule has 200 valence electrons. The van der Waals surface area contributed by atoms with Crippen LogP contribution in [0.3, 0.4) is 0 Å². The van der Waals surface area contributed by atoms with Gasteiger partial charge in [0.05, 0.1) is 5.69 Å². The first-order valence-corrected chi connectivity index (χ1v) is 12.8. The zero-order valence-electron chi connectivity index (χ0n) is 21.4. The van der Waals surface area contributed by atoms with Crippen molar-refractivity contribution in [3.05, 3.63) is 24.3 Å². The summed E-state index contributed by atoms with van der Waals surface area (Å²) >= 11 is 0. The minimum atomic E-state index is -4.88. The van der Waals surface area contributed by atoms with Crippen LogP contribution < -0.4 is 10.5 Å². The van der Waals surface area contributed by atoms with E-state index >= 15 is 0 Å². The van der Waals surface area contributed by atoms with E-state index in [0.717, 1.165) is 51.7 Å². The molecule has 0 saturated heterocycles. The largest absolute Gasteiger partial charge is 0.573 e. The molecule has 10 heteroatoms. The van der Waals surface area contributed by atoms with Crippen molar-refractivity contribution in [3.63, 3.8) is 0 Å². The van der Waals surface area contributed by atoms with Gasteiger partial charge in [-0.3, -0.25) is 0 Å². The Kier molecular flexibility index (Phi) is 7.31. The average molecular weight is 511 g/mol. The van der Waals surface area contributed by atoms with Crippen molar-refractivity contribution >= 4 is 5.82 Å². The second-order valence-corrected chi connectivity index (χ2v) is 10.8. The number of nitrogens with two attached hydrogens (primary N) is 1. The maximum absolute atomic E-state index is 12.8. The van der Waals surface area contributed by atoms with Gasteiger partial charge < -0.3 is 24.9 Å². The summed E-state index contributed by atoms with van der Waals surface area (Å²) in [6.45, 7) is 9.73. The van der Waals surface area contributed by atoms with E-state index in [4.69, 9.17) is 10.5 Å². The van der Waals surface area contributed by atoms with E-state index in [-0.39, 0.29) is 22.7 Å². The summed E-state index contributed by atoms with van der Waals surface area (Å²) in [7, 11) is 0. The molecule has 5 rings (SSSR count). The summed E-state index contributed by atoms with van der Waals surface area (Å²) in [5, 5.41) is 11.0. The van der Waals surface area contributed by atoms with Crippen molar-refractivity contribution in [1.82, 2.24) is 14.5 Å². The van der Waals surface area contributed by atoms with Gasteiger partial charge in [0, 0.05) is 36.7 Å². The number of aliphatic hydroxyl groups excluding tert-OH is 1. The lowest BCUT2D eigenvalue weighted by atomic mass is 9.35. The fraction of sp³-hybridized carbons (Fsp3) is 0.692. The molecule has 3 N–H and O–H groups in total. The minimum Gasteiger partial charge on any atom is -0.402 e. The molecule has 0 spiro atoms. The van der Waals surface area contributed by atoms with E-state index < -0.39 is 18.2 Å². The molecule has 0 aromatic carbocycles. The Labute approximate surface area is 210 Å². The van der Waals surface area contributed by atoms with E-state index in [1.165, 1.54) is 12.3 Å². The Balaban J connectivity index is 1.59. The Morgan fingerprint density at radius 3 is 2.47 bits per heavy atom. The van der Waals surface area contributed by atoms with Crippen LogP contribution in [0.5, 0.6) is 5.75 Å².